The van der Waals surface area contributed by atoms with Gasteiger partial charge in [-0.15, -0.1) is 0 Å². The smallest absolute Gasteiger partial charge is 0.206 e. The van der Waals surface area contributed by atoms with Crippen molar-refractivity contribution in [2.75, 3.05) is 116 Å². The Kier molecular flexibility index (Phi) is 23.3. The fourth-order valence-electron chi connectivity index (χ4n) is 8.98. The number of amidine groups is 1. The third-order valence-corrected chi connectivity index (χ3v) is 15.1. The van der Waals surface area contributed by atoms with E-state index in [0.717, 1.165) is 95.9 Å². The van der Waals surface area contributed by atoms with Crippen LogP contribution in [0.4, 0.5) is 42.5 Å². The molecule has 5 heterocycles. The van der Waals surface area contributed by atoms with Gasteiger partial charge in [-0.25, -0.2) is 13.8 Å². The van der Waals surface area contributed by atoms with Crippen LogP contribution in [0.25, 0.3) is 0 Å². The molecule has 0 spiro atoms. The topological polar surface area (TPSA) is 167 Å². The summed E-state index contributed by atoms with van der Waals surface area (Å²) in [6.07, 6.45) is 4.77. The van der Waals surface area contributed by atoms with Gasteiger partial charge in [-0.05, 0) is 116 Å². The Morgan fingerprint density at radius 2 is 1.25 bits per heavy atom. The van der Waals surface area contributed by atoms with Gasteiger partial charge in [0.25, 0.3) is 0 Å². The largest absolute Gasteiger partial charge is 0.382 e. The Bertz CT molecular complexity index is 2570. The number of hydrogen-bond donors (Lipinski definition) is 4. The fourth-order valence-corrected chi connectivity index (χ4v) is 10.9. The van der Waals surface area contributed by atoms with Crippen molar-refractivity contribution in [3.05, 3.63) is 125 Å². The molecule has 0 bridgehead atoms. The van der Waals surface area contributed by atoms with E-state index in [-0.39, 0.29) is 44.0 Å². The Balaban J connectivity index is 0.000000199. The zero-order chi connectivity index (χ0) is 50.8. The summed E-state index contributed by atoms with van der Waals surface area (Å²) in [5.74, 6) is -0.256. The van der Waals surface area contributed by atoms with Gasteiger partial charge in [-0.3, -0.25) is 19.4 Å². The van der Waals surface area contributed by atoms with E-state index in [1.165, 1.54) is 96.6 Å². The zero-order valence-corrected chi connectivity index (χ0v) is 46.6. The summed E-state index contributed by atoms with van der Waals surface area (Å²) in [5.41, 5.74) is 16.7. The van der Waals surface area contributed by atoms with E-state index in [2.05, 4.69) is 80.4 Å². The number of halogens is 3. The van der Waals surface area contributed by atoms with Gasteiger partial charge in [0.1, 0.15) is 22.3 Å². The van der Waals surface area contributed by atoms with Crippen LogP contribution in [0.3, 0.4) is 0 Å². The lowest BCUT2D eigenvalue weighted by molar-refractivity contribution is 0.0115. The number of thioether (sulfide) groups is 1. The first-order valence-electron chi connectivity index (χ1n) is 24.3. The lowest BCUT2D eigenvalue weighted by Gasteiger charge is -2.40. The molecule has 14 nitrogen and oxygen atoms in total. The number of morpholine rings is 2. The molecular weight excluding hydrogens is 1070 g/mol. The fraction of sp³-hybridized carbons (Fsp3) is 0.404. The summed E-state index contributed by atoms with van der Waals surface area (Å²) >= 11 is 10.9. The molecule has 392 valence electrons. The van der Waals surface area contributed by atoms with Gasteiger partial charge in [-0.1, -0.05) is 70.2 Å². The van der Waals surface area contributed by atoms with E-state index >= 15 is 0 Å². The molecular formula is C52H66BrF2N10O4PS3. The third kappa shape index (κ3) is 17.5. The van der Waals surface area contributed by atoms with Gasteiger partial charge in [0.2, 0.25) is 5.78 Å². The Hall–Kier alpha value is -4.63. The maximum atomic E-state index is 13.5. The molecule has 4 saturated heterocycles. The second kappa shape index (κ2) is 29.5. The number of Topliss-reactive ketones (excluding diaryl/α,β-unsaturated/α-hetero) is 1. The van der Waals surface area contributed by atoms with Crippen molar-refractivity contribution in [3.63, 3.8) is 0 Å². The number of thiazole rings is 1. The molecule has 1 atom stereocenters. The first kappa shape index (κ1) is 57.6. The number of ether oxygens (including phenoxy) is 2. The van der Waals surface area contributed by atoms with Gasteiger partial charge in [0, 0.05) is 98.3 Å². The Morgan fingerprint density at radius 1 is 0.767 bits per heavy atom. The number of nitrogen functional groups attached to an aromatic ring is 1. The Morgan fingerprint density at radius 3 is 1.73 bits per heavy atom. The Labute approximate surface area is 452 Å². The van der Waals surface area contributed by atoms with Crippen LogP contribution in [0.15, 0.2) is 102 Å². The lowest BCUT2D eigenvalue weighted by atomic mass is 10.0. The highest BCUT2D eigenvalue weighted by atomic mass is 79.9. The first-order chi connectivity index (χ1) is 35.0. The van der Waals surface area contributed by atoms with E-state index in [4.69, 9.17) is 33.2 Å². The van der Waals surface area contributed by atoms with Gasteiger partial charge in [0.15, 0.2) is 21.2 Å². The van der Waals surface area contributed by atoms with Crippen molar-refractivity contribution in [2.24, 2.45) is 10.7 Å². The number of nitrogens with one attached hydrogen (secondary N) is 2. The van der Waals surface area contributed by atoms with Crippen molar-refractivity contribution in [2.45, 2.75) is 44.7 Å². The van der Waals surface area contributed by atoms with Crippen molar-refractivity contribution in [1.82, 2.24) is 14.8 Å². The second-order valence-electron chi connectivity index (χ2n) is 17.4. The number of ketones is 2. The number of aromatic nitrogens is 1. The number of aliphatic imine (C=N–C) groups is 1. The molecule has 4 aliphatic rings. The lowest BCUT2D eigenvalue weighted by Crippen LogP contribution is -2.49. The predicted octanol–water partition coefficient (Wildman–Crippen LogP) is 9.35. The third-order valence-electron chi connectivity index (χ3n) is 12.7. The van der Waals surface area contributed by atoms with Crippen molar-refractivity contribution < 1.29 is 27.8 Å². The predicted molar refractivity (Wildman–Crippen MR) is 309 cm³/mol. The molecule has 6 N–H and O–H groups in total. The number of piperidine rings is 2. The molecule has 1 unspecified atom stereocenters. The summed E-state index contributed by atoms with van der Waals surface area (Å²) in [7, 11) is 0. The number of thiocarbonyl (C=S) groups is 1. The maximum Gasteiger partial charge on any atom is 0.206 e. The maximum absolute atomic E-state index is 13.5. The minimum absolute atomic E-state index is 0. The van der Waals surface area contributed by atoms with Crippen LogP contribution in [-0.4, -0.2) is 139 Å². The number of nitrogens with two attached hydrogens (primary N) is 2. The quantitative estimate of drug-likeness (QED) is 0.0233. The van der Waals surface area contributed by atoms with E-state index in [9.17, 15) is 18.4 Å². The van der Waals surface area contributed by atoms with Crippen LogP contribution in [0, 0.1) is 11.6 Å². The number of alkyl halides is 1. The van der Waals surface area contributed by atoms with E-state index in [1.807, 2.05) is 31.2 Å². The number of carbonyl (C=O) groups is 2. The molecule has 4 aliphatic heterocycles. The normalized spacial score (nSPS) is 17.0. The second-order valence-corrected chi connectivity index (χ2v) is 20.6. The van der Waals surface area contributed by atoms with Crippen LogP contribution in [0.5, 0.6) is 0 Å². The van der Waals surface area contributed by atoms with E-state index < -0.39 is 5.82 Å². The average molecular weight is 1140 g/mol. The molecule has 4 aromatic carbocycles. The number of carbonyl (C=O) groups excluding carboxylic acids is 2. The highest BCUT2D eigenvalue weighted by Crippen LogP contribution is 2.32. The standard InChI is InChI=1S/C25H28FN5O2S.C19H29N5OS2.C8H6BrFO.H3P/c26-18-3-1-2-17(16-18)22(32)23-24(27)29-25(34-23)28-19-4-6-20(7-5-19)30-10-8-21(9-11-30)31-12-14-33-15-13-31;1-2-27-18(20)22-19(26)21-15-3-5-16(6-4-15)23-9-7-17(8-10-23)24-11-13-25-14-12-24;9-5-8(11)6-2-1-3-7(10)4-6;/h1-7,16,21H,8-15,27H2,(H,28,29);3-6,17H,2,7-14H2,1H3,(H3,20,21,22,26);1-4H,5H2;1H3. The molecule has 0 saturated carbocycles. The first-order valence-corrected chi connectivity index (χ1v) is 27.6. The number of hydrogen-bond acceptors (Lipinski definition) is 14. The molecule has 0 radical (unpaired) electrons. The van der Waals surface area contributed by atoms with Crippen LogP contribution in [0.2, 0.25) is 0 Å². The molecule has 5 aromatic rings. The molecule has 4 fully saturated rings. The highest BCUT2D eigenvalue weighted by molar-refractivity contribution is 9.09. The number of nitrogens with zero attached hydrogens (tertiary/aromatic N) is 6. The van der Waals surface area contributed by atoms with Crippen molar-refractivity contribution in [1.29, 1.82) is 0 Å². The molecule has 73 heavy (non-hydrogen) atoms. The van der Waals surface area contributed by atoms with Crippen molar-refractivity contribution in [3.8, 4) is 0 Å². The molecule has 0 aliphatic carbocycles. The number of benzene rings is 4. The average Bonchev–Trinajstić information content (AvgIpc) is 3.78. The van der Waals surface area contributed by atoms with Gasteiger partial charge in [-0.2, -0.15) is 14.9 Å². The SMILES string of the molecule is CCSC(N)=NC(=S)Nc1ccc(N2CCC(N3CCOCC3)CC2)cc1.Nc1nc(Nc2ccc(N3CCC(N4CCOCC4)CC3)cc2)sc1C(=O)c1cccc(F)c1.O=C(CBr)c1cccc(F)c1.P. The monoisotopic (exact) mass is 1140 g/mol. The van der Waals surface area contributed by atoms with E-state index in [0.29, 0.717) is 37.9 Å². The summed E-state index contributed by atoms with van der Waals surface area (Å²) in [6.45, 7) is 14.0. The highest BCUT2D eigenvalue weighted by Gasteiger charge is 2.28. The molecule has 9 rings (SSSR count). The summed E-state index contributed by atoms with van der Waals surface area (Å²) in [5, 5.41) is 8.00. The minimum Gasteiger partial charge on any atom is -0.382 e. The van der Waals surface area contributed by atoms with Crippen molar-refractivity contribution >= 4 is 117 Å². The minimum atomic E-state index is -0.460. The summed E-state index contributed by atoms with van der Waals surface area (Å²) < 4.78 is 36.9. The van der Waals surface area contributed by atoms with Gasteiger partial charge >= 0.3 is 0 Å². The number of anilines is 6. The molecule has 0 amide bonds. The van der Waals surface area contributed by atoms with Crippen LogP contribution in [-0.2, 0) is 9.47 Å². The molecule has 21 heteroatoms. The summed E-state index contributed by atoms with van der Waals surface area (Å²) in [4.78, 5) is 42.5. The van der Waals surface area contributed by atoms with Gasteiger partial charge in [0.05, 0.1) is 31.8 Å². The van der Waals surface area contributed by atoms with Crippen LogP contribution >= 0.6 is 61.1 Å². The van der Waals surface area contributed by atoms with Crippen LogP contribution in [0.1, 0.15) is 58.2 Å². The van der Waals surface area contributed by atoms with Crippen LogP contribution < -0.4 is 31.9 Å². The van der Waals surface area contributed by atoms with E-state index in [1.54, 1.807) is 12.1 Å². The zero-order valence-electron chi connectivity index (χ0n) is 41.2. The number of rotatable bonds is 12. The van der Waals surface area contributed by atoms with Gasteiger partial charge < -0.3 is 41.4 Å². The molecule has 1 aromatic heterocycles. The summed E-state index contributed by atoms with van der Waals surface area (Å²) in [6, 6.07) is 29.2.